The number of piperidine rings is 1. The van der Waals surface area contributed by atoms with Gasteiger partial charge in [-0.2, -0.15) is 9.61 Å². The fourth-order valence-corrected chi connectivity index (χ4v) is 2.68. The summed E-state index contributed by atoms with van der Waals surface area (Å²) in [7, 11) is 0. The molecule has 1 fully saturated rings. The Hall–Kier alpha value is -1.89. The average Bonchev–Trinajstić information content (AvgIpc) is 2.87. The summed E-state index contributed by atoms with van der Waals surface area (Å²) >= 11 is 0. The van der Waals surface area contributed by atoms with Gasteiger partial charge in [0.25, 0.3) is 0 Å². The normalized spacial score (nSPS) is 16.9. The number of anilines is 1. The van der Waals surface area contributed by atoms with Crippen molar-refractivity contribution in [3.63, 3.8) is 0 Å². The van der Waals surface area contributed by atoms with Crippen molar-refractivity contribution >= 4 is 11.5 Å². The number of hydrogen-bond donors (Lipinski definition) is 2. The minimum atomic E-state index is -0.288. The highest BCUT2D eigenvalue weighted by Gasteiger charge is 2.20. The summed E-state index contributed by atoms with van der Waals surface area (Å²) in [6, 6.07) is 3.76. The van der Waals surface area contributed by atoms with Crippen LogP contribution in [0.1, 0.15) is 19.8 Å². The molecule has 2 aromatic heterocycles. The molecule has 3 heterocycles. The van der Waals surface area contributed by atoms with E-state index in [1.807, 2.05) is 12.1 Å². The topological polar surface area (TPSA) is 78.3 Å². The third-order valence-corrected chi connectivity index (χ3v) is 3.88. The highest BCUT2D eigenvalue weighted by Crippen LogP contribution is 2.21. The zero-order chi connectivity index (χ0) is 13.9. The van der Waals surface area contributed by atoms with Crippen LogP contribution in [-0.4, -0.2) is 46.0 Å². The van der Waals surface area contributed by atoms with Crippen molar-refractivity contribution < 1.29 is 0 Å². The number of aromatic amines is 1. The molecule has 3 rings (SSSR count). The van der Waals surface area contributed by atoms with Crippen molar-refractivity contribution in [2.45, 2.75) is 19.8 Å². The lowest BCUT2D eigenvalue weighted by Gasteiger charge is -2.32. The monoisotopic (exact) mass is 276 g/mol. The maximum absolute atomic E-state index is 11.5. The smallest absolute Gasteiger partial charge is 0.355 e. The van der Waals surface area contributed by atoms with Crippen LogP contribution >= 0.6 is 0 Å². The van der Waals surface area contributed by atoms with E-state index in [1.54, 1.807) is 0 Å². The summed E-state index contributed by atoms with van der Waals surface area (Å²) in [4.78, 5) is 13.8. The van der Waals surface area contributed by atoms with Gasteiger partial charge in [0.05, 0.1) is 0 Å². The third-order valence-electron chi connectivity index (χ3n) is 3.88. The van der Waals surface area contributed by atoms with E-state index in [0.717, 1.165) is 50.8 Å². The highest BCUT2D eigenvalue weighted by molar-refractivity contribution is 5.45. The van der Waals surface area contributed by atoms with Gasteiger partial charge >= 0.3 is 5.69 Å². The third kappa shape index (κ3) is 2.53. The molecule has 2 N–H and O–H groups in total. The molecule has 0 aromatic carbocycles. The van der Waals surface area contributed by atoms with E-state index >= 15 is 0 Å². The van der Waals surface area contributed by atoms with Crippen molar-refractivity contribution in [2.24, 2.45) is 5.92 Å². The van der Waals surface area contributed by atoms with Gasteiger partial charge in [0.2, 0.25) is 0 Å². The number of nitrogens with one attached hydrogen (secondary N) is 2. The second-order valence-electron chi connectivity index (χ2n) is 5.23. The van der Waals surface area contributed by atoms with Gasteiger partial charge in [-0.25, -0.2) is 9.89 Å². The van der Waals surface area contributed by atoms with E-state index in [9.17, 15) is 4.79 Å². The first-order valence-electron chi connectivity index (χ1n) is 7.18. The van der Waals surface area contributed by atoms with Crippen LogP contribution < -0.4 is 15.9 Å². The molecule has 0 unspecified atom stereocenters. The summed E-state index contributed by atoms with van der Waals surface area (Å²) in [5.74, 6) is 1.59. The van der Waals surface area contributed by atoms with Gasteiger partial charge in [-0.05, 0) is 44.0 Å². The van der Waals surface area contributed by atoms with Gasteiger partial charge in [0.1, 0.15) is 5.82 Å². The lowest BCUT2D eigenvalue weighted by atomic mass is 9.97. The van der Waals surface area contributed by atoms with Crippen LogP contribution in [0.5, 0.6) is 0 Å². The molecule has 108 valence electrons. The van der Waals surface area contributed by atoms with Crippen molar-refractivity contribution in [1.82, 2.24) is 25.1 Å². The van der Waals surface area contributed by atoms with Gasteiger partial charge in [-0.15, -0.1) is 5.10 Å². The first kappa shape index (κ1) is 13.1. The average molecular weight is 276 g/mol. The zero-order valence-corrected chi connectivity index (χ0v) is 11.7. The minimum absolute atomic E-state index is 0.288. The van der Waals surface area contributed by atoms with E-state index < -0.39 is 0 Å². The molecule has 20 heavy (non-hydrogen) atoms. The summed E-state index contributed by atoms with van der Waals surface area (Å²) in [6.45, 7) is 6.24. The Morgan fingerprint density at radius 2 is 2.20 bits per heavy atom. The van der Waals surface area contributed by atoms with E-state index in [0.29, 0.717) is 5.65 Å². The van der Waals surface area contributed by atoms with Crippen molar-refractivity contribution in [1.29, 1.82) is 0 Å². The SMILES string of the molecule is CCNCC1CCN(c2ccc3n[nH]c(=O)n3n2)CC1. The quantitative estimate of drug-likeness (QED) is 0.836. The Kier molecular flexibility index (Phi) is 3.68. The van der Waals surface area contributed by atoms with Crippen LogP contribution in [-0.2, 0) is 0 Å². The largest absolute Gasteiger partial charge is 0.364 e. The van der Waals surface area contributed by atoms with Crippen molar-refractivity contribution in [3.8, 4) is 0 Å². The van der Waals surface area contributed by atoms with Crippen molar-refractivity contribution in [2.75, 3.05) is 31.1 Å². The van der Waals surface area contributed by atoms with Crippen LogP contribution in [0, 0.1) is 5.92 Å². The molecule has 0 saturated carbocycles. The highest BCUT2D eigenvalue weighted by atomic mass is 16.2. The molecule has 0 atom stereocenters. The predicted octanol–water partition coefficient (Wildman–Crippen LogP) is 0.244. The number of H-pyrrole nitrogens is 1. The molecule has 1 aliphatic rings. The lowest BCUT2D eigenvalue weighted by molar-refractivity contribution is 0.385. The van der Waals surface area contributed by atoms with E-state index in [4.69, 9.17) is 0 Å². The van der Waals surface area contributed by atoms with Crippen molar-refractivity contribution in [3.05, 3.63) is 22.6 Å². The Labute approximate surface area is 117 Å². The van der Waals surface area contributed by atoms with Gasteiger partial charge in [-0.3, -0.25) is 0 Å². The Morgan fingerprint density at radius 1 is 1.40 bits per heavy atom. The molecule has 1 saturated heterocycles. The zero-order valence-electron chi connectivity index (χ0n) is 11.7. The van der Waals surface area contributed by atoms with Crippen LogP contribution in [0.25, 0.3) is 5.65 Å². The molecule has 1 aliphatic heterocycles. The number of fused-ring (bicyclic) bond motifs is 1. The van der Waals surface area contributed by atoms with Gasteiger partial charge in [0.15, 0.2) is 5.65 Å². The maximum Gasteiger partial charge on any atom is 0.364 e. The van der Waals surface area contributed by atoms with Crippen LogP contribution in [0.4, 0.5) is 5.82 Å². The fraction of sp³-hybridized carbons (Fsp3) is 0.615. The summed E-state index contributed by atoms with van der Waals surface area (Å²) in [5.41, 5.74) is 0.268. The molecule has 7 nitrogen and oxygen atoms in total. The number of rotatable bonds is 4. The summed E-state index contributed by atoms with van der Waals surface area (Å²) in [6.07, 6.45) is 2.32. The molecular weight excluding hydrogens is 256 g/mol. The maximum atomic E-state index is 11.5. The standard InChI is InChI=1S/C13H20N6O/c1-2-14-9-10-5-7-18(8-6-10)12-4-3-11-15-16-13(20)19(11)17-12/h3-4,10,14H,2,5-9H2,1H3,(H,16,20). The van der Waals surface area contributed by atoms with Crippen LogP contribution in [0.3, 0.4) is 0 Å². The molecule has 7 heteroatoms. The molecule has 2 aromatic rings. The second-order valence-corrected chi connectivity index (χ2v) is 5.23. The predicted molar refractivity (Wildman–Crippen MR) is 77.1 cm³/mol. The Morgan fingerprint density at radius 3 is 2.95 bits per heavy atom. The number of hydrogen-bond acceptors (Lipinski definition) is 5. The fourth-order valence-electron chi connectivity index (χ4n) is 2.68. The number of aromatic nitrogens is 4. The van der Waals surface area contributed by atoms with Crippen LogP contribution in [0.2, 0.25) is 0 Å². The molecule has 0 bridgehead atoms. The Bertz CT molecular complexity index is 625. The minimum Gasteiger partial charge on any atom is -0.355 e. The van der Waals surface area contributed by atoms with Gasteiger partial charge in [0, 0.05) is 13.1 Å². The van der Waals surface area contributed by atoms with Gasteiger partial charge in [-0.1, -0.05) is 6.92 Å². The molecule has 0 radical (unpaired) electrons. The van der Waals surface area contributed by atoms with E-state index in [-0.39, 0.29) is 5.69 Å². The van der Waals surface area contributed by atoms with E-state index in [1.165, 1.54) is 4.52 Å². The first-order chi connectivity index (χ1) is 9.78. The number of nitrogens with zero attached hydrogens (tertiary/aromatic N) is 4. The molecular formula is C13H20N6O. The van der Waals surface area contributed by atoms with E-state index in [2.05, 4.69) is 32.4 Å². The van der Waals surface area contributed by atoms with Gasteiger partial charge < -0.3 is 10.2 Å². The Balaban J connectivity index is 1.70. The molecule has 0 spiro atoms. The summed E-state index contributed by atoms with van der Waals surface area (Å²) < 4.78 is 1.32. The molecule has 0 amide bonds. The first-order valence-corrected chi connectivity index (χ1v) is 7.18. The lowest BCUT2D eigenvalue weighted by Crippen LogP contribution is -2.38. The van der Waals surface area contributed by atoms with Crippen LogP contribution in [0.15, 0.2) is 16.9 Å². The molecule has 0 aliphatic carbocycles. The second kappa shape index (κ2) is 5.62. The summed E-state index contributed by atoms with van der Waals surface area (Å²) in [5, 5.41) is 14.1.